The second kappa shape index (κ2) is 10.5. The molecule has 1 N–H and O–H groups in total. The molecule has 0 saturated carbocycles. The normalized spacial score (nSPS) is 11.5. The van der Waals surface area contributed by atoms with Gasteiger partial charge in [-0.2, -0.15) is 18.4 Å². The zero-order valence-corrected chi connectivity index (χ0v) is 20.7. The number of benzene rings is 2. The molecule has 0 fully saturated rings. The number of nitrogens with zero attached hydrogens (tertiary/aromatic N) is 3. The first-order valence-electron chi connectivity index (χ1n) is 10.8. The van der Waals surface area contributed by atoms with Gasteiger partial charge in [0.15, 0.2) is 0 Å². The molecule has 0 aliphatic carbocycles. The molecule has 3 rings (SSSR count). The largest absolute Gasteiger partial charge is 0.490 e. The first-order chi connectivity index (χ1) is 17.3. The van der Waals surface area contributed by atoms with Crippen LogP contribution in [0.1, 0.15) is 35.5 Å². The van der Waals surface area contributed by atoms with Crippen LogP contribution in [0.5, 0.6) is 5.75 Å². The average molecular weight is 532 g/mol. The molecule has 0 saturated heterocycles. The van der Waals surface area contributed by atoms with Crippen LogP contribution < -0.4 is 9.64 Å². The Bertz CT molecular complexity index is 1400. The maximum Gasteiger partial charge on any atom is 0.433 e. The van der Waals surface area contributed by atoms with Gasteiger partial charge in [-0.15, -0.1) is 0 Å². The Morgan fingerprint density at radius 3 is 2.43 bits per heavy atom. The summed E-state index contributed by atoms with van der Waals surface area (Å²) in [7, 11) is 1.49. The van der Waals surface area contributed by atoms with Crippen molar-refractivity contribution in [2.45, 2.75) is 20.0 Å². The van der Waals surface area contributed by atoms with Gasteiger partial charge in [-0.05, 0) is 50.2 Å². The fourth-order valence-electron chi connectivity index (χ4n) is 3.26. The van der Waals surface area contributed by atoms with Crippen LogP contribution in [0.3, 0.4) is 0 Å². The van der Waals surface area contributed by atoms with E-state index in [0.29, 0.717) is 11.8 Å². The topological polar surface area (TPSA) is 104 Å². The molecule has 3 aromatic rings. The molecule has 1 amide bonds. The molecule has 37 heavy (non-hydrogen) atoms. The van der Waals surface area contributed by atoms with Crippen LogP contribution in [0.2, 0.25) is 5.02 Å². The predicted molar refractivity (Wildman–Crippen MR) is 130 cm³/mol. The van der Waals surface area contributed by atoms with Crippen molar-refractivity contribution in [3.8, 4) is 22.9 Å². The Morgan fingerprint density at radius 1 is 1.14 bits per heavy atom. The van der Waals surface area contributed by atoms with E-state index in [1.807, 2.05) is 0 Å². The van der Waals surface area contributed by atoms with E-state index in [1.54, 1.807) is 30.3 Å². The molecule has 192 valence electrons. The van der Waals surface area contributed by atoms with E-state index in [-0.39, 0.29) is 39.6 Å². The lowest BCUT2D eigenvalue weighted by Gasteiger charge is -2.24. The molecule has 0 spiro atoms. The van der Waals surface area contributed by atoms with Crippen molar-refractivity contribution in [2.24, 2.45) is 5.41 Å². The lowest BCUT2D eigenvalue weighted by molar-refractivity contribution is -0.148. The van der Waals surface area contributed by atoms with Gasteiger partial charge in [-0.25, -0.2) is 0 Å². The summed E-state index contributed by atoms with van der Waals surface area (Å²) in [6, 6.07) is 13.1. The number of aliphatic carboxylic acids is 1. The average Bonchev–Trinajstić information content (AvgIpc) is 2.86. The van der Waals surface area contributed by atoms with E-state index in [0.717, 1.165) is 6.20 Å². The van der Waals surface area contributed by atoms with Crippen molar-refractivity contribution in [3.63, 3.8) is 0 Å². The summed E-state index contributed by atoms with van der Waals surface area (Å²) in [5.74, 6) is -1.27. The highest BCUT2D eigenvalue weighted by atomic mass is 35.5. The van der Waals surface area contributed by atoms with Gasteiger partial charge in [0.2, 0.25) is 0 Å². The number of carbonyl (C=O) groups is 2. The van der Waals surface area contributed by atoms with E-state index in [4.69, 9.17) is 16.3 Å². The quantitative estimate of drug-likeness (QED) is 0.397. The van der Waals surface area contributed by atoms with Gasteiger partial charge < -0.3 is 14.7 Å². The second-order valence-corrected chi connectivity index (χ2v) is 9.14. The monoisotopic (exact) mass is 531 g/mol. The molecule has 1 heterocycles. The minimum absolute atomic E-state index is 0.0393. The number of hydrogen-bond donors (Lipinski definition) is 1. The summed E-state index contributed by atoms with van der Waals surface area (Å²) in [4.78, 5) is 29.4. The number of carbonyl (C=O) groups excluding carboxylic acids is 1. The zero-order chi connectivity index (χ0) is 27.5. The van der Waals surface area contributed by atoms with E-state index < -0.39 is 29.2 Å². The summed E-state index contributed by atoms with van der Waals surface area (Å²) in [6.07, 6.45) is -3.84. The van der Waals surface area contributed by atoms with Crippen molar-refractivity contribution < 1.29 is 32.6 Å². The van der Waals surface area contributed by atoms with Crippen LogP contribution >= 0.6 is 11.6 Å². The number of pyridine rings is 1. The van der Waals surface area contributed by atoms with E-state index >= 15 is 0 Å². The van der Waals surface area contributed by atoms with Crippen LogP contribution in [0.4, 0.5) is 18.9 Å². The van der Waals surface area contributed by atoms with Gasteiger partial charge >= 0.3 is 12.1 Å². The molecule has 7 nitrogen and oxygen atoms in total. The second-order valence-electron chi connectivity index (χ2n) is 8.73. The Hall–Kier alpha value is -4.10. The molecule has 1 aromatic heterocycles. The fourth-order valence-corrected chi connectivity index (χ4v) is 3.48. The summed E-state index contributed by atoms with van der Waals surface area (Å²) < 4.78 is 44.8. The van der Waals surface area contributed by atoms with Gasteiger partial charge in [-0.1, -0.05) is 23.7 Å². The summed E-state index contributed by atoms with van der Waals surface area (Å²) >= 11 is 6.27. The molecule has 0 atom stereocenters. The lowest BCUT2D eigenvalue weighted by Crippen LogP contribution is -2.31. The fraction of sp³-hybridized carbons (Fsp3) is 0.231. The number of hydrogen-bond acceptors (Lipinski definition) is 5. The third-order valence-corrected chi connectivity index (χ3v) is 5.85. The van der Waals surface area contributed by atoms with Crippen LogP contribution in [0.25, 0.3) is 11.1 Å². The minimum atomic E-state index is -4.73. The molecule has 11 heteroatoms. The molecule has 0 aliphatic heterocycles. The lowest BCUT2D eigenvalue weighted by atomic mass is 9.95. The van der Waals surface area contributed by atoms with Crippen molar-refractivity contribution in [2.75, 3.05) is 18.6 Å². The first kappa shape index (κ1) is 27.5. The van der Waals surface area contributed by atoms with E-state index in [9.17, 15) is 33.1 Å². The zero-order valence-electron chi connectivity index (χ0n) is 19.9. The van der Waals surface area contributed by atoms with Crippen LogP contribution in [-0.2, 0) is 11.0 Å². The van der Waals surface area contributed by atoms with Gasteiger partial charge in [-0.3, -0.25) is 14.6 Å². The van der Waals surface area contributed by atoms with Gasteiger partial charge in [0.1, 0.15) is 18.1 Å². The highest BCUT2D eigenvalue weighted by Gasteiger charge is 2.33. The predicted octanol–water partition coefficient (Wildman–Crippen LogP) is 6.06. The number of rotatable bonds is 7. The number of aromatic nitrogens is 1. The number of amides is 1. The number of carboxylic acid groups (broad SMARTS) is 1. The minimum Gasteiger partial charge on any atom is -0.490 e. The number of alkyl halides is 3. The Balaban J connectivity index is 1.96. The summed E-state index contributed by atoms with van der Waals surface area (Å²) in [5.41, 5.74) is -2.01. The van der Waals surface area contributed by atoms with E-state index in [2.05, 4.69) is 4.98 Å². The standard InChI is InChI=1S/C26H21ClF3N3O4/c1-25(2,24(35)36)14-37-21-7-5-4-6-20(21)33(3)23(34)15-8-9-19(27)17(10-15)18-13-32-22(26(28,29)30)11-16(18)12-31/h4-11,13H,14H2,1-3H3,(H,35,36). The summed E-state index contributed by atoms with van der Waals surface area (Å²) in [5, 5.41) is 18.9. The van der Waals surface area contributed by atoms with Gasteiger partial charge in [0.05, 0.1) is 22.7 Å². The van der Waals surface area contributed by atoms with Crippen molar-refractivity contribution in [3.05, 3.63) is 76.6 Å². The van der Waals surface area contributed by atoms with Crippen LogP contribution in [0.15, 0.2) is 54.7 Å². The third-order valence-electron chi connectivity index (χ3n) is 5.52. The number of anilines is 1. The Morgan fingerprint density at radius 2 is 1.81 bits per heavy atom. The highest BCUT2D eigenvalue weighted by molar-refractivity contribution is 6.33. The molecule has 0 radical (unpaired) electrons. The summed E-state index contributed by atoms with van der Waals surface area (Å²) in [6.45, 7) is 2.87. The molecule has 0 bridgehead atoms. The highest BCUT2D eigenvalue weighted by Crippen LogP contribution is 2.36. The van der Waals surface area contributed by atoms with Gasteiger partial charge in [0, 0.05) is 35.0 Å². The Kier molecular flexibility index (Phi) is 7.79. The third kappa shape index (κ3) is 6.01. The van der Waals surface area contributed by atoms with Crippen LogP contribution in [-0.4, -0.2) is 35.6 Å². The van der Waals surface area contributed by atoms with Crippen molar-refractivity contribution in [1.29, 1.82) is 5.26 Å². The number of ether oxygens (including phenoxy) is 1. The molecule has 0 aliphatic rings. The maximum atomic E-state index is 13.3. The van der Waals surface area contributed by atoms with Crippen molar-refractivity contribution >= 4 is 29.2 Å². The Labute approximate surface area is 215 Å². The van der Waals surface area contributed by atoms with Crippen molar-refractivity contribution in [1.82, 2.24) is 4.98 Å². The number of halogens is 4. The number of nitriles is 1. The SMILES string of the molecule is CN(C(=O)c1ccc(Cl)c(-c2cnc(C(F)(F)F)cc2C#N)c1)c1ccccc1OCC(C)(C)C(=O)O. The number of para-hydroxylation sites is 2. The molecule has 0 unspecified atom stereocenters. The number of carboxylic acids is 1. The molecular formula is C26H21ClF3N3O4. The molecular weight excluding hydrogens is 511 g/mol. The maximum absolute atomic E-state index is 13.3. The van der Waals surface area contributed by atoms with Crippen LogP contribution in [0, 0.1) is 16.7 Å². The first-order valence-corrected chi connectivity index (χ1v) is 11.1. The van der Waals surface area contributed by atoms with E-state index in [1.165, 1.54) is 44.0 Å². The molecule has 2 aromatic carbocycles. The van der Waals surface area contributed by atoms with Gasteiger partial charge in [0.25, 0.3) is 5.91 Å². The smallest absolute Gasteiger partial charge is 0.433 e.